The number of fused-ring (bicyclic) bond motifs is 1. The van der Waals surface area contributed by atoms with E-state index in [1.165, 1.54) is 0 Å². The van der Waals surface area contributed by atoms with Gasteiger partial charge in [-0.3, -0.25) is 5.43 Å². The maximum atomic E-state index is 5.94. The highest BCUT2D eigenvalue weighted by Crippen LogP contribution is 2.33. The van der Waals surface area contributed by atoms with Crippen LogP contribution in [0, 0.1) is 0 Å². The Balaban J connectivity index is 2.07. The zero-order valence-electron chi connectivity index (χ0n) is 10.0. The molecule has 2 heterocycles. The van der Waals surface area contributed by atoms with Crippen molar-refractivity contribution >= 4 is 66.5 Å². The van der Waals surface area contributed by atoms with E-state index in [1.54, 1.807) is 11.3 Å². The van der Waals surface area contributed by atoms with Gasteiger partial charge in [0.25, 0.3) is 0 Å². The van der Waals surface area contributed by atoms with Gasteiger partial charge in [0.2, 0.25) is 5.95 Å². The molecule has 4 N–H and O–H groups in total. The second kappa shape index (κ2) is 5.53. The number of nitrogen functional groups attached to an aromatic ring is 1. The molecule has 0 saturated carbocycles. The predicted octanol–water partition coefficient (Wildman–Crippen LogP) is 4.14. The zero-order valence-corrected chi connectivity index (χ0v) is 13.2. The van der Waals surface area contributed by atoms with E-state index >= 15 is 0 Å². The number of rotatable bonds is 3. The summed E-state index contributed by atoms with van der Waals surface area (Å²) in [6, 6.07) is 7.43. The van der Waals surface area contributed by atoms with Gasteiger partial charge >= 0.3 is 0 Å². The van der Waals surface area contributed by atoms with Crippen LogP contribution in [0.25, 0.3) is 10.2 Å². The van der Waals surface area contributed by atoms with E-state index in [0.29, 0.717) is 16.8 Å². The molecule has 0 radical (unpaired) electrons. The van der Waals surface area contributed by atoms with Crippen LogP contribution in [0.3, 0.4) is 0 Å². The van der Waals surface area contributed by atoms with Gasteiger partial charge < -0.3 is 5.32 Å². The number of anilines is 3. The minimum absolute atomic E-state index is 0.364. The van der Waals surface area contributed by atoms with Crippen LogP contribution in [-0.4, -0.2) is 9.97 Å². The molecule has 5 nitrogen and oxygen atoms in total. The number of nitrogens with zero attached hydrogens (tertiary/aromatic N) is 2. The molecule has 1 aromatic carbocycles. The summed E-state index contributed by atoms with van der Waals surface area (Å²) in [5.41, 5.74) is 4.17. The van der Waals surface area contributed by atoms with Crippen molar-refractivity contribution in [1.82, 2.24) is 9.97 Å². The first-order chi connectivity index (χ1) is 9.67. The molecule has 0 spiro atoms. The zero-order chi connectivity index (χ0) is 14.1. The SMILES string of the molecule is NNc1nc(Nc2ccc(Cl)cc2Br)c2sccc2n1. The lowest BCUT2D eigenvalue weighted by Crippen LogP contribution is -2.11. The normalized spacial score (nSPS) is 10.8. The Morgan fingerprint density at radius 1 is 1.25 bits per heavy atom. The summed E-state index contributed by atoms with van der Waals surface area (Å²) in [5, 5.41) is 5.88. The number of benzene rings is 1. The molecule has 3 rings (SSSR count). The number of halogens is 2. The predicted molar refractivity (Wildman–Crippen MR) is 87.7 cm³/mol. The van der Waals surface area contributed by atoms with Crippen molar-refractivity contribution in [1.29, 1.82) is 0 Å². The van der Waals surface area contributed by atoms with Gasteiger partial charge in [-0.2, -0.15) is 4.98 Å². The Morgan fingerprint density at radius 2 is 2.10 bits per heavy atom. The van der Waals surface area contributed by atoms with Crippen LogP contribution < -0.4 is 16.6 Å². The van der Waals surface area contributed by atoms with Gasteiger partial charge in [0.15, 0.2) is 5.82 Å². The van der Waals surface area contributed by atoms with Crippen LogP contribution in [-0.2, 0) is 0 Å². The summed E-state index contributed by atoms with van der Waals surface area (Å²) >= 11 is 11.0. The van der Waals surface area contributed by atoms with Crippen molar-refractivity contribution in [3.05, 3.63) is 39.1 Å². The highest BCUT2D eigenvalue weighted by atomic mass is 79.9. The Labute approximate surface area is 132 Å². The molecule has 0 bridgehead atoms. The molecule has 2 aromatic heterocycles. The van der Waals surface area contributed by atoms with E-state index in [-0.39, 0.29) is 0 Å². The van der Waals surface area contributed by atoms with Crippen LogP contribution in [0.15, 0.2) is 34.1 Å². The molecule has 0 atom stereocenters. The number of nitrogens with two attached hydrogens (primary N) is 1. The first kappa shape index (κ1) is 13.6. The third kappa shape index (κ3) is 2.57. The molecule has 20 heavy (non-hydrogen) atoms. The van der Waals surface area contributed by atoms with Crippen molar-refractivity contribution in [3.63, 3.8) is 0 Å². The lowest BCUT2D eigenvalue weighted by molar-refractivity contribution is 1.15. The van der Waals surface area contributed by atoms with Gasteiger partial charge in [-0.1, -0.05) is 11.6 Å². The topological polar surface area (TPSA) is 75.9 Å². The molecular weight excluding hydrogens is 362 g/mol. The second-order valence-electron chi connectivity index (χ2n) is 3.92. The fourth-order valence-electron chi connectivity index (χ4n) is 1.73. The van der Waals surface area contributed by atoms with Crippen LogP contribution in [0.4, 0.5) is 17.5 Å². The summed E-state index contributed by atoms with van der Waals surface area (Å²) in [6.45, 7) is 0. The van der Waals surface area contributed by atoms with E-state index < -0.39 is 0 Å². The van der Waals surface area contributed by atoms with Gasteiger partial charge in [-0.05, 0) is 45.6 Å². The largest absolute Gasteiger partial charge is 0.338 e. The fourth-order valence-corrected chi connectivity index (χ4v) is 3.29. The molecule has 0 amide bonds. The third-order valence-corrected chi connectivity index (χ3v) is 4.42. The van der Waals surface area contributed by atoms with Gasteiger partial charge in [0.05, 0.1) is 15.9 Å². The van der Waals surface area contributed by atoms with Crippen molar-refractivity contribution in [2.24, 2.45) is 5.84 Å². The number of hydrogen-bond acceptors (Lipinski definition) is 6. The smallest absolute Gasteiger partial charge is 0.239 e. The first-order valence-corrected chi connectivity index (χ1v) is 7.66. The summed E-state index contributed by atoms with van der Waals surface area (Å²) in [6.07, 6.45) is 0. The van der Waals surface area contributed by atoms with E-state index in [9.17, 15) is 0 Å². The number of hydrogen-bond donors (Lipinski definition) is 3. The van der Waals surface area contributed by atoms with Crippen LogP contribution >= 0.6 is 38.9 Å². The Bertz CT molecular complexity index is 776. The average molecular weight is 371 g/mol. The highest BCUT2D eigenvalue weighted by molar-refractivity contribution is 9.10. The van der Waals surface area contributed by atoms with E-state index in [0.717, 1.165) is 20.4 Å². The lowest BCUT2D eigenvalue weighted by Gasteiger charge is -2.10. The van der Waals surface area contributed by atoms with E-state index in [4.69, 9.17) is 17.4 Å². The van der Waals surface area contributed by atoms with Gasteiger partial charge in [0.1, 0.15) is 0 Å². The highest BCUT2D eigenvalue weighted by Gasteiger charge is 2.10. The third-order valence-electron chi connectivity index (χ3n) is 2.62. The van der Waals surface area contributed by atoms with Crippen molar-refractivity contribution in [2.45, 2.75) is 0 Å². The monoisotopic (exact) mass is 369 g/mol. The van der Waals surface area contributed by atoms with Crippen LogP contribution in [0.2, 0.25) is 5.02 Å². The summed E-state index contributed by atoms with van der Waals surface area (Å²) < 4.78 is 1.82. The van der Waals surface area contributed by atoms with Gasteiger partial charge in [-0.25, -0.2) is 10.8 Å². The molecule has 0 fully saturated rings. The lowest BCUT2D eigenvalue weighted by atomic mass is 10.3. The van der Waals surface area contributed by atoms with Crippen LogP contribution in [0.5, 0.6) is 0 Å². The molecule has 102 valence electrons. The maximum Gasteiger partial charge on any atom is 0.239 e. The van der Waals surface area contributed by atoms with Gasteiger partial charge in [-0.15, -0.1) is 11.3 Å². The van der Waals surface area contributed by atoms with Crippen molar-refractivity contribution < 1.29 is 0 Å². The second-order valence-corrected chi connectivity index (χ2v) is 6.13. The van der Waals surface area contributed by atoms with Crippen LogP contribution in [0.1, 0.15) is 0 Å². The Kier molecular flexibility index (Phi) is 3.75. The standard InChI is InChI=1S/C12H9BrClN5S/c13-7-5-6(14)1-2-8(7)16-11-10-9(3-4-20-10)17-12(18-11)19-15/h1-5H,15H2,(H2,16,17,18,19). The molecule has 0 unspecified atom stereocenters. The average Bonchev–Trinajstić information content (AvgIpc) is 2.90. The number of nitrogens with one attached hydrogen (secondary N) is 2. The van der Waals surface area contributed by atoms with Crippen molar-refractivity contribution in [3.8, 4) is 0 Å². The summed E-state index contributed by atoms with van der Waals surface area (Å²) in [7, 11) is 0. The fraction of sp³-hybridized carbons (Fsp3) is 0. The summed E-state index contributed by atoms with van der Waals surface area (Å²) in [5.74, 6) is 6.46. The molecule has 8 heteroatoms. The molecule has 0 saturated heterocycles. The molecule has 0 aliphatic heterocycles. The Morgan fingerprint density at radius 3 is 2.85 bits per heavy atom. The van der Waals surface area contributed by atoms with E-state index in [1.807, 2.05) is 29.6 Å². The van der Waals surface area contributed by atoms with Gasteiger partial charge in [0, 0.05) is 9.50 Å². The molecule has 0 aliphatic carbocycles. The Hall–Kier alpha value is -1.41. The number of aromatic nitrogens is 2. The maximum absolute atomic E-state index is 5.94. The molecular formula is C12H9BrClN5S. The number of thiophene rings is 1. The quantitative estimate of drug-likeness (QED) is 0.477. The molecule has 0 aliphatic rings. The minimum Gasteiger partial charge on any atom is -0.338 e. The minimum atomic E-state index is 0.364. The number of hydrazine groups is 1. The molecule has 3 aromatic rings. The first-order valence-electron chi connectivity index (χ1n) is 5.61. The summed E-state index contributed by atoms with van der Waals surface area (Å²) in [4.78, 5) is 8.63. The van der Waals surface area contributed by atoms with E-state index in [2.05, 4.69) is 36.6 Å². The van der Waals surface area contributed by atoms with Crippen molar-refractivity contribution in [2.75, 3.05) is 10.7 Å².